The van der Waals surface area contributed by atoms with E-state index in [1.54, 1.807) is 12.1 Å². The molecule has 0 saturated carbocycles. The number of aromatic nitrogens is 3. The highest BCUT2D eigenvalue weighted by Crippen LogP contribution is 2.29. The molecule has 212 valence electrons. The first kappa shape index (κ1) is 27.6. The van der Waals surface area contributed by atoms with Gasteiger partial charge < -0.3 is 41.6 Å². The lowest BCUT2D eigenvalue weighted by molar-refractivity contribution is 0.0519. The first-order chi connectivity index (χ1) is 20.2. The van der Waals surface area contributed by atoms with Crippen LogP contribution in [0.5, 0.6) is 0 Å². The molecule has 0 aliphatic carbocycles. The molecule has 0 unspecified atom stereocenters. The van der Waals surface area contributed by atoms with Gasteiger partial charge in [0.1, 0.15) is 0 Å². The molecule has 7 N–H and O–H groups in total. The van der Waals surface area contributed by atoms with Gasteiger partial charge >= 0.3 is 0 Å². The maximum atomic E-state index is 12.0. The van der Waals surface area contributed by atoms with Crippen LogP contribution < -0.4 is 37.7 Å². The minimum absolute atomic E-state index is 0.116. The first-order valence-electron chi connectivity index (χ1n) is 13.2. The fourth-order valence-corrected chi connectivity index (χ4v) is 3.83. The van der Waals surface area contributed by atoms with Gasteiger partial charge in [-0.25, -0.2) is 0 Å². The van der Waals surface area contributed by atoms with Crippen LogP contribution in [0.15, 0.2) is 78.9 Å². The van der Waals surface area contributed by atoms with Crippen LogP contribution in [0.25, 0.3) is 0 Å². The van der Waals surface area contributed by atoms with Crippen LogP contribution in [0.4, 0.5) is 40.6 Å². The number of nitrogens with zero attached hydrogens (tertiary/aromatic N) is 3. The molecule has 1 aliphatic heterocycles. The SMILES string of the molecule is O=C(NCCOCCOCCNc1nc(Nc2ccccc2)nc(Nc2ccc3c(c2)NNN3)n1)c1ccccc1. The van der Waals surface area contributed by atoms with Crippen molar-refractivity contribution in [3.63, 3.8) is 0 Å². The smallest absolute Gasteiger partial charge is 0.251 e. The summed E-state index contributed by atoms with van der Waals surface area (Å²) in [7, 11) is 0. The van der Waals surface area contributed by atoms with E-state index in [1.807, 2.05) is 66.7 Å². The lowest BCUT2D eigenvalue weighted by Gasteiger charge is -2.12. The second-order valence-corrected chi connectivity index (χ2v) is 8.83. The van der Waals surface area contributed by atoms with Crippen LogP contribution in [0.3, 0.4) is 0 Å². The zero-order chi connectivity index (χ0) is 28.1. The average Bonchev–Trinajstić information content (AvgIpc) is 3.47. The Morgan fingerprint density at radius 3 is 2.05 bits per heavy atom. The van der Waals surface area contributed by atoms with E-state index in [0.29, 0.717) is 62.9 Å². The molecule has 1 aliphatic rings. The Bertz CT molecular complexity index is 1410. The molecule has 0 atom stereocenters. The van der Waals surface area contributed by atoms with Gasteiger partial charge in [0.2, 0.25) is 17.8 Å². The van der Waals surface area contributed by atoms with Gasteiger partial charge in [0, 0.05) is 30.0 Å². The molecule has 0 spiro atoms. The second kappa shape index (κ2) is 14.4. The summed E-state index contributed by atoms with van der Waals surface area (Å²) >= 11 is 0. The Balaban J connectivity index is 1.06. The van der Waals surface area contributed by atoms with Gasteiger partial charge in [-0.2, -0.15) is 15.0 Å². The van der Waals surface area contributed by atoms with E-state index in [-0.39, 0.29) is 5.91 Å². The molecule has 1 amide bonds. The molecule has 13 heteroatoms. The lowest BCUT2D eigenvalue weighted by Crippen LogP contribution is -2.27. The minimum atomic E-state index is -0.116. The third-order valence-corrected chi connectivity index (χ3v) is 5.80. The molecule has 4 aromatic rings. The number of para-hydroxylation sites is 1. The van der Waals surface area contributed by atoms with Crippen molar-refractivity contribution in [1.29, 1.82) is 0 Å². The molecule has 13 nitrogen and oxygen atoms in total. The van der Waals surface area contributed by atoms with E-state index < -0.39 is 0 Å². The Kier molecular flexibility index (Phi) is 9.70. The summed E-state index contributed by atoms with van der Waals surface area (Å²) in [5.74, 6) is 1.06. The summed E-state index contributed by atoms with van der Waals surface area (Å²) in [5, 5.41) is 12.5. The monoisotopic (exact) mass is 556 g/mol. The summed E-state index contributed by atoms with van der Waals surface area (Å²) < 4.78 is 11.2. The van der Waals surface area contributed by atoms with Crippen LogP contribution in [-0.2, 0) is 9.47 Å². The van der Waals surface area contributed by atoms with Crippen molar-refractivity contribution in [3.05, 3.63) is 84.4 Å². The summed E-state index contributed by atoms with van der Waals surface area (Å²) in [5.41, 5.74) is 13.1. The fourth-order valence-electron chi connectivity index (χ4n) is 3.83. The quantitative estimate of drug-likeness (QED) is 0.107. The predicted molar refractivity (Wildman–Crippen MR) is 159 cm³/mol. The number of amides is 1. The highest BCUT2D eigenvalue weighted by molar-refractivity contribution is 5.94. The Morgan fingerprint density at radius 1 is 0.659 bits per heavy atom. The normalized spacial score (nSPS) is 11.6. The van der Waals surface area contributed by atoms with E-state index in [9.17, 15) is 4.79 Å². The number of hydrazine groups is 2. The van der Waals surface area contributed by atoms with Crippen molar-refractivity contribution in [2.75, 3.05) is 66.3 Å². The average molecular weight is 557 g/mol. The lowest BCUT2D eigenvalue weighted by atomic mass is 10.2. The molecule has 1 aromatic heterocycles. The maximum Gasteiger partial charge on any atom is 0.251 e. The Hall–Kier alpha value is -4.98. The Labute approximate surface area is 237 Å². The van der Waals surface area contributed by atoms with Gasteiger partial charge in [-0.15, -0.1) is 5.53 Å². The van der Waals surface area contributed by atoms with Gasteiger partial charge in [0.15, 0.2) is 0 Å². The second-order valence-electron chi connectivity index (χ2n) is 8.83. The number of carbonyl (C=O) groups excluding carboxylic acids is 1. The number of fused-ring (bicyclic) bond motifs is 1. The van der Waals surface area contributed by atoms with E-state index >= 15 is 0 Å². The number of hydrogen-bond acceptors (Lipinski definition) is 12. The largest absolute Gasteiger partial charge is 0.377 e. The fraction of sp³-hybridized carbons (Fsp3) is 0.214. The number of ether oxygens (including phenoxy) is 2. The van der Waals surface area contributed by atoms with Gasteiger partial charge in [0.05, 0.1) is 37.8 Å². The first-order valence-corrected chi connectivity index (χ1v) is 13.2. The molecule has 3 aromatic carbocycles. The summed E-state index contributed by atoms with van der Waals surface area (Å²) in [6.07, 6.45) is 0. The highest BCUT2D eigenvalue weighted by Gasteiger charge is 2.12. The van der Waals surface area contributed by atoms with Gasteiger partial charge in [-0.1, -0.05) is 36.4 Å². The van der Waals surface area contributed by atoms with Crippen LogP contribution in [0, 0.1) is 0 Å². The van der Waals surface area contributed by atoms with Gasteiger partial charge in [-0.05, 0) is 42.5 Å². The third kappa shape index (κ3) is 8.50. The molecular weight excluding hydrogens is 524 g/mol. The predicted octanol–water partition coefficient (Wildman–Crippen LogP) is 3.49. The van der Waals surface area contributed by atoms with Crippen molar-refractivity contribution in [2.45, 2.75) is 0 Å². The van der Waals surface area contributed by atoms with E-state index in [2.05, 4.69) is 52.6 Å². The van der Waals surface area contributed by atoms with Gasteiger partial charge in [0.25, 0.3) is 5.91 Å². The molecule has 0 radical (unpaired) electrons. The van der Waals surface area contributed by atoms with E-state index in [0.717, 1.165) is 22.7 Å². The van der Waals surface area contributed by atoms with Crippen LogP contribution in [-0.4, -0.2) is 60.4 Å². The zero-order valence-electron chi connectivity index (χ0n) is 22.3. The summed E-state index contributed by atoms with van der Waals surface area (Å²) in [4.78, 5) is 25.6. The highest BCUT2D eigenvalue weighted by atomic mass is 16.5. The minimum Gasteiger partial charge on any atom is -0.377 e. The molecule has 0 saturated heterocycles. The summed E-state index contributed by atoms with van der Waals surface area (Å²) in [6.45, 7) is 2.61. The van der Waals surface area contributed by atoms with Crippen molar-refractivity contribution >= 4 is 46.5 Å². The van der Waals surface area contributed by atoms with Gasteiger partial charge in [-0.3, -0.25) is 4.79 Å². The van der Waals surface area contributed by atoms with Crippen LogP contribution >= 0.6 is 0 Å². The number of hydrogen-bond donors (Lipinski definition) is 7. The molecule has 2 heterocycles. The number of benzene rings is 3. The third-order valence-electron chi connectivity index (χ3n) is 5.80. The van der Waals surface area contributed by atoms with E-state index in [4.69, 9.17) is 9.47 Å². The molecule has 0 bridgehead atoms. The van der Waals surface area contributed by atoms with Crippen molar-refractivity contribution < 1.29 is 14.3 Å². The number of rotatable bonds is 15. The summed E-state index contributed by atoms with van der Waals surface area (Å²) in [6, 6.07) is 24.6. The van der Waals surface area contributed by atoms with Crippen molar-refractivity contribution in [3.8, 4) is 0 Å². The Morgan fingerprint density at radius 2 is 1.29 bits per heavy atom. The van der Waals surface area contributed by atoms with Crippen molar-refractivity contribution in [1.82, 2.24) is 25.8 Å². The standard InChI is InChI=1S/C28H32N10O3/c39-25(20-7-3-1-4-8-20)29-13-15-40-17-18-41-16-14-30-26-33-27(31-21-9-5-2-6-10-21)35-28(34-26)32-22-11-12-23-24(19-22)37-38-36-23/h1-12,19,36-38H,13-18H2,(H,29,39)(H3,30,31,32,33,34,35). The maximum absolute atomic E-state index is 12.0. The van der Waals surface area contributed by atoms with Crippen LogP contribution in [0.1, 0.15) is 10.4 Å². The number of nitrogens with one attached hydrogen (secondary N) is 7. The molecule has 0 fully saturated rings. The van der Waals surface area contributed by atoms with Crippen LogP contribution in [0.2, 0.25) is 0 Å². The van der Waals surface area contributed by atoms with E-state index in [1.165, 1.54) is 0 Å². The number of carbonyl (C=O) groups is 1. The molecular formula is C28H32N10O3. The number of anilines is 7. The molecule has 5 rings (SSSR count). The zero-order valence-corrected chi connectivity index (χ0v) is 22.3. The molecule has 41 heavy (non-hydrogen) atoms. The topological polar surface area (TPSA) is 158 Å². The van der Waals surface area contributed by atoms with Crippen molar-refractivity contribution in [2.24, 2.45) is 0 Å².